The zero-order valence-corrected chi connectivity index (χ0v) is 20.3. The van der Waals surface area contributed by atoms with Crippen molar-refractivity contribution in [2.24, 2.45) is 0 Å². The molecule has 0 radical (unpaired) electrons. The van der Waals surface area contributed by atoms with Crippen LogP contribution in [-0.4, -0.2) is 32.7 Å². The molecular formula is C26H25N3O2S2. The number of thioether (sulfide) groups is 1. The molecule has 0 aliphatic carbocycles. The molecule has 1 amide bonds. The summed E-state index contributed by atoms with van der Waals surface area (Å²) >= 11 is 3.04. The van der Waals surface area contributed by atoms with E-state index in [0.29, 0.717) is 16.1 Å². The van der Waals surface area contributed by atoms with Gasteiger partial charge in [0.1, 0.15) is 0 Å². The zero-order chi connectivity index (χ0) is 22.9. The Morgan fingerprint density at radius 3 is 2.67 bits per heavy atom. The quantitative estimate of drug-likeness (QED) is 0.282. The monoisotopic (exact) mass is 475 g/mol. The predicted octanol–water partition coefficient (Wildman–Crippen LogP) is 5.52. The van der Waals surface area contributed by atoms with E-state index in [-0.39, 0.29) is 23.3 Å². The van der Waals surface area contributed by atoms with Crippen molar-refractivity contribution in [2.75, 3.05) is 12.3 Å². The predicted molar refractivity (Wildman–Crippen MR) is 136 cm³/mol. The zero-order valence-electron chi connectivity index (χ0n) is 18.7. The Hall–Kier alpha value is -2.90. The van der Waals surface area contributed by atoms with Crippen LogP contribution in [0.5, 0.6) is 0 Å². The summed E-state index contributed by atoms with van der Waals surface area (Å²) in [5.41, 5.74) is 3.47. The number of rotatable bonds is 5. The van der Waals surface area contributed by atoms with E-state index in [2.05, 4.69) is 17.5 Å². The number of aryl methyl sites for hydroxylation is 2. The summed E-state index contributed by atoms with van der Waals surface area (Å²) in [6.45, 7) is 4.81. The number of amides is 1. The molecule has 4 aromatic rings. The van der Waals surface area contributed by atoms with E-state index >= 15 is 0 Å². The maximum atomic E-state index is 13.5. The number of likely N-dealkylation sites (tertiary alicyclic amines) is 1. The number of carbonyl (C=O) groups is 1. The van der Waals surface area contributed by atoms with Crippen LogP contribution in [0.1, 0.15) is 34.9 Å². The summed E-state index contributed by atoms with van der Waals surface area (Å²) in [6, 6.07) is 17.8. The third kappa shape index (κ3) is 4.35. The van der Waals surface area contributed by atoms with E-state index < -0.39 is 0 Å². The molecule has 1 saturated heterocycles. The Bertz CT molecular complexity index is 1360. The molecule has 0 bridgehead atoms. The molecule has 5 rings (SSSR count). The molecule has 0 spiro atoms. The van der Waals surface area contributed by atoms with Crippen molar-refractivity contribution in [3.63, 3.8) is 0 Å². The first kappa shape index (κ1) is 21.9. The summed E-state index contributed by atoms with van der Waals surface area (Å²) < 4.78 is 1.65. The SMILES string of the molecule is Cc1cc(C)cc(-n2c(SCC(=O)N3CCCC3c3cccs3)nc3ccccc3c2=O)c1. The Kier molecular flexibility index (Phi) is 6.08. The van der Waals surface area contributed by atoms with Crippen LogP contribution in [0, 0.1) is 13.8 Å². The van der Waals surface area contributed by atoms with Crippen molar-refractivity contribution < 1.29 is 4.79 Å². The van der Waals surface area contributed by atoms with Crippen LogP contribution in [-0.2, 0) is 4.79 Å². The normalized spacial score (nSPS) is 15.9. The Labute approximate surface area is 201 Å². The second-order valence-corrected chi connectivity index (χ2v) is 10.4. The molecule has 1 fully saturated rings. The number of thiophene rings is 1. The van der Waals surface area contributed by atoms with Gasteiger partial charge in [-0.15, -0.1) is 11.3 Å². The molecule has 7 heteroatoms. The van der Waals surface area contributed by atoms with Crippen LogP contribution < -0.4 is 5.56 Å². The molecule has 1 aliphatic rings. The van der Waals surface area contributed by atoms with E-state index in [1.54, 1.807) is 22.0 Å². The number of nitrogens with zero attached hydrogens (tertiary/aromatic N) is 3. The number of aromatic nitrogens is 2. The molecule has 3 heterocycles. The summed E-state index contributed by atoms with van der Waals surface area (Å²) in [5.74, 6) is 0.336. The van der Waals surface area contributed by atoms with Crippen LogP contribution in [0.2, 0.25) is 0 Å². The minimum atomic E-state index is -0.113. The van der Waals surface area contributed by atoms with Crippen molar-refractivity contribution in [1.29, 1.82) is 0 Å². The average Bonchev–Trinajstić information content (AvgIpc) is 3.48. The molecule has 2 aromatic carbocycles. The van der Waals surface area contributed by atoms with Crippen molar-refractivity contribution in [3.05, 3.63) is 86.3 Å². The third-order valence-electron chi connectivity index (χ3n) is 5.98. The Morgan fingerprint density at radius 2 is 1.91 bits per heavy atom. The lowest BCUT2D eigenvalue weighted by Crippen LogP contribution is -2.32. The standard InChI is InChI=1S/C26H25N3O2S2/c1-17-13-18(2)15-19(14-17)29-25(31)20-7-3-4-8-21(20)27-26(29)33-16-24(30)28-11-5-9-22(28)23-10-6-12-32-23/h3-4,6-8,10,12-15,22H,5,9,11,16H2,1-2H3. The fraction of sp³-hybridized carbons (Fsp3) is 0.269. The number of para-hydroxylation sites is 1. The second-order valence-electron chi connectivity index (χ2n) is 8.45. The van der Waals surface area contributed by atoms with Crippen molar-refractivity contribution in [2.45, 2.75) is 37.9 Å². The highest BCUT2D eigenvalue weighted by Crippen LogP contribution is 2.35. The van der Waals surface area contributed by atoms with Gasteiger partial charge in [-0.2, -0.15) is 0 Å². The number of fused-ring (bicyclic) bond motifs is 1. The smallest absolute Gasteiger partial charge is 0.266 e. The van der Waals surface area contributed by atoms with Gasteiger partial charge in [0.15, 0.2) is 5.16 Å². The lowest BCUT2D eigenvalue weighted by Gasteiger charge is -2.24. The summed E-state index contributed by atoms with van der Waals surface area (Å²) in [6.07, 6.45) is 2.01. The van der Waals surface area contributed by atoms with Gasteiger partial charge in [-0.25, -0.2) is 4.98 Å². The van der Waals surface area contributed by atoms with E-state index in [1.807, 2.05) is 55.1 Å². The fourth-order valence-electron chi connectivity index (χ4n) is 4.57. The van der Waals surface area contributed by atoms with E-state index in [4.69, 9.17) is 4.98 Å². The lowest BCUT2D eigenvalue weighted by atomic mass is 10.1. The minimum absolute atomic E-state index is 0.0882. The topological polar surface area (TPSA) is 55.2 Å². The van der Waals surface area contributed by atoms with Gasteiger partial charge >= 0.3 is 0 Å². The maximum absolute atomic E-state index is 13.5. The molecule has 33 heavy (non-hydrogen) atoms. The van der Waals surface area contributed by atoms with E-state index in [0.717, 1.165) is 36.2 Å². The highest BCUT2D eigenvalue weighted by Gasteiger charge is 2.30. The van der Waals surface area contributed by atoms with E-state index in [9.17, 15) is 9.59 Å². The van der Waals surface area contributed by atoms with Gasteiger partial charge in [0.05, 0.1) is 28.4 Å². The highest BCUT2D eigenvalue weighted by molar-refractivity contribution is 7.99. The van der Waals surface area contributed by atoms with Gasteiger partial charge in [-0.1, -0.05) is 36.0 Å². The van der Waals surface area contributed by atoms with Crippen LogP contribution in [0.4, 0.5) is 0 Å². The van der Waals surface area contributed by atoms with Crippen molar-refractivity contribution in [1.82, 2.24) is 14.5 Å². The van der Waals surface area contributed by atoms with Crippen LogP contribution in [0.15, 0.2) is 69.9 Å². The van der Waals surface area contributed by atoms with Crippen LogP contribution >= 0.6 is 23.1 Å². The molecular weight excluding hydrogens is 450 g/mol. The molecule has 168 valence electrons. The molecule has 1 unspecified atom stereocenters. The lowest BCUT2D eigenvalue weighted by molar-refractivity contribution is -0.129. The number of carbonyl (C=O) groups excluding carboxylic acids is 1. The Morgan fingerprint density at radius 1 is 1.12 bits per heavy atom. The average molecular weight is 476 g/mol. The highest BCUT2D eigenvalue weighted by atomic mass is 32.2. The minimum Gasteiger partial charge on any atom is -0.334 e. The van der Waals surface area contributed by atoms with Gasteiger partial charge in [0, 0.05) is 11.4 Å². The first-order valence-electron chi connectivity index (χ1n) is 11.1. The number of benzene rings is 2. The number of hydrogen-bond donors (Lipinski definition) is 0. The van der Waals surface area contributed by atoms with Crippen molar-refractivity contribution >= 4 is 39.9 Å². The van der Waals surface area contributed by atoms with E-state index in [1.165, 1.54) is 16.6 Å². The summed E-state index contributed by atoms with van der Waals surface area (Å²) in [5, 5.41) is 3.18. The van der Waals surface area contributed by atoms with Gasteiger partial charge in [0.25, 0.3) is 5.56 Å². The third-order valence-corrected chi connectivity index (χ3v) is 7.88. The van der Waals surface area contributed by atoms with Gasteiger partial charge in [-0.3, -0.25) is 14.2 Å². The molecule has 1 aliphatic heterocycles. The van der Waals surface area contributed by atoms with Gasteiger partial charge in [-0.05, 0) is 73.5 Å². The summed E-state index contributed by atoms with van der Waals surface area (Å²) in [7, 11) is 0. The first-order chi connectivity index (χ1) is 16.0. The molecule has 1 atom stereocenters. The first-order valence-corrected chi connectivity index (χ1v) is 12.9. The largest absolute Gasteiger partial charge is 0.334 e. The Balaban J connectivity index is 1.50. The maximum Gasteiger partial charge on any atom is 0.266 e. The molecule has 5 nitrogen and oxygen atoms in total. The molecule has 0 saturated carbocycles. The molecule has 2 aromatic heterocycles. The molecule has 0 N–H and O–H groups in total. The number of hydrogen-bond acceptors (Lipinski definition) is 5. The second kappa shape index (κ2) is 9.15. The van der Waals surface area contributed by atoms with Crippen molar-refractivity contribution in [3.8, 4) is 5.69 Å². The fourth-order valence-corrected chi connectivity index (χ4v) is 6.34. The summed E-state index contributed by atoms with van der Waals surface area (Å²) in [4.78, 5) is 34.7. The van der Waals surface area contributed by atoms with Crippen LogP contribution in [0.3, 0.4) is 0 Å². The van der Waals surface area contributed by atoms with Gasteiger partial charge in [0.2, 0.25) is 5.91 Å². The van der Waals surface area contributed by atoms with Crippen LogP contribution in [0.25, 0.3) is 16.6 Å². The van der Waals surface area contributed by atoms with Gasteiger partial charge < -0.3 is 4.90 Å².